The number of ether oxygens (including phenoxy) is 1. The first-order valence-electron chi connectivity index (χ1n) is 5.82. The minimum absolute atomic E-state index is 0.0298. The quantitative estimate of drug-likeness (QED) is 0.848. The number of nitrogens with zero attached hydrogens (tertiary/aromatic N) is 2. The van der Waals surface area contributed by atoms with E-state index < -0.39 is 0 Å². The second kappa shape index (κ2) is 4.31. The molecule has 0 radical (unpaired) electrons. The van der Waals surface area contributed by atoms with Gasteiger partial charge in [-0.2, -0.15) is 0 Å². The Morgan fingerprint density at radius 3 is 3.18 bits per heavy atom. The van der Waals surface area contributed by atoms with Crippen LogP contribution in [0.25, 0.3) is 5.69 Å². The summed E-state index contributed by atoms with van der Waals surface area (Å²) in [6.45, 7) is 1.26. The third kappa shape index (κ3) is 1.75. The van der Waals surface area contributed by atoms with Crippen LogP contribution in [0.5, 0.6) is 0 Å². The molecule has 2 N–H and O–H groups in total. The lowest BCUT2D eigenvalue weighted by Crippen LogP contribution is -2.24. The lowest BCUT2D eigenvalue weighted by Gasteiger charge is -2.27. The zero-order valence-corrected chi connectivity index (χ0v) is 9.54. The van der Waals surface area contributed by atoms with Gasteiger partial charge in [0.15, 0.2) is 0 Å². The highest BCUT2D eigenvalue weighted by atomic mass is 16.5. The van der Waals surface area contributed by atoms with E-state index in [1.807, 2.05) is 23.2 Å². The fourth-order valence-corrected chi connectivity index (χ4v) is 2.40. The number of hydrogen-bond donors (Lipinski definition) is 1. The van der Waals surface area contributed by atoms with Gasteiger partial charge in [-0.05, 0) is 23.6 Å². The Morgan fingerprint density at radius 1 is 1.47 bits per heavy atom. The molecule has 1 atom stereocenters. The summed E-state index contributed by atoms with van der Waals surface area (Å²) in [5, 5.41) is 0. The number of aromatic nitrogens is 2. The molecule has 0 bridgehead atoms. The van der Waals surface area contributed by atoms with Crippen LogP contribution < -0.4 is 5.73 Å². The van der Waals surface area contributed by atoms with Crippen LogP contribution in [0.3, 0.4) is 0 Å². The SMILES string of the molecule is NC[C@@H]1OCCc2c1cccc2-n1ccnc1. The van der Waals surface area contributed by atoms with Crippen molar-refractivity contribution in [2.24, 2.45) is 5.73 Å². The summed E-state index contributed by atoms with van der Waals surface area (Å²) in [6.07, 6.45) is 6.53. The number of rotatable bonds is 2. The lowest BCUT2D eigenvalue weighted by molar-refractivity contribution is 0.0485. The van der Waals surface area contributed by atoms with E-state index in [1.165, 1.54) is 16.8 Å². The Balaban J connectivity index is 2.12. The van der Waals surface area contributed by atoms with Gasteiger partial charge in [0.2, 0.25) is 0 Å². The van der Waals surface area contributed by atoms with Crippen molar-refractivity contribution in [2.75, 3.05) is 13.2 Å². The topological polar surface area (TPSA) is 53.1 Å². The van der Waals surface area contributed by atoms with Gasteiger partial charge in [-0.1, -0.05) is 12.1 Å². The lowest BCUT2D eigenvalue weighted by atomic mass is 9.95. The maximum atomic E-state index is 5.74. The predicted molar refractivity (Wildman–Crippen MR) is 65.0 cm³/mol. The van der Waals surface area contributed by atoms with Gasteiger partial charge in [-0.3, -0.25) is 0 Å². The van der Waals surface area contributed by atoms with Gasteiger partial charge in [0.1, 0.15) is 0 Å². The van der Waals surface area contributed by atoms with Crippen LogP contribution in [0.4, 0.5) is 0 Å². The number of fused-ring (bicyclic) bond motifs is 1. The smallest absolute Gasteiger partial charge is 0.0991 e. The van der Waals surface area contributed by atoms with Crippen LogP contribution in [0.2, 0.25) is 0 Å². The highest BCUT2D eigenvalue weighted by Crippen LogP contribution is 2.30. The Bertz CT molecular complexity index is 507. The first kappa shape index (κ1) is 10.5. The number of benzene rings is 1. The molecule has 0 spiro atoms. The monoisotopic (exact) mass is 229 g/mol. The molecular weight excluding hydrogens is 214 g/mol. The Labute approximate surface area is 100 Å². The zero-order chi connectivity index (χ0) is 11.7. The molecule has 17 heavy (non-hydrogen) atoms. The molecule has 0 fully saturated rings. The van der Waals surface area contributed by atoms with Crippen LogP contribution >= 0.6 is 0 Å². The third-order valence-corrected chi connectivity index (χ3v) is 3.20. The van der Waals surface area contributed by atoms with Crippen molar-refractivity contribution in [1.82, 2.24) is 9.55 Å². The van der Waals surface area contributed by atoms with Gasteiger partial charge in [-0.15, -0.1) is 0 Å². The van der Waals surface area contributed by atoms with Gasteiger partial charge >= 0.3 is 0 Å². The van der Waals surface area contributed by atoms with Crippen molar-refractivity contribution >= 4 is 0 Å². The van der Waals surface area contributed by atoms with Crippen LogP contribution in [0.15, 0.2) is 36.9 Å². The molecule has 4 nitrogen and oxygen atoms in total. The average molecular weight is 229 g/mol. The Hall–Kier alpha value is -1.65. The molecule has 0 unspecified atom stereocenters. The van der Waals surface area contributed by atoms with Crippen molar-refractivity contribution in [3.05, 3.63) is 48.0 Å². The fourth-order valence-electron chi connectivity index (χ4n) is 2.40. The van der Waals surface area contributed by atoms with Gasteiger partial charge in [-0.25, -0.2) is 4.98 Å². The molecule has 4 heteroatoms. The molecule has 88 valence electrons. The molecule has 1 aliphatic heterocycles. The van der Waals surface area contributed by atoms with Crippen molar-refractivity contribution < 1.29 is 4.74 Å². The predicted octanol–water partition coefficient (Wildman–Crippen LogP) is 1.44. The van der Waals surface area contributed by atoms with E-state index >= 15 is 0 Å². The summed E-state index contributed by atoms with van der Waals surface area (Å²) in [5.41, 5.74) is 9.46. The van der Waals surface area contributed by atoms with Gasteiger partial charge in [0.05, 0.1) is 24.7 Å². The van der Waals surface area contributed by atoms with Gasteiger partial charge in [0, 0.05) is 18.9 Å². The second-order valence-corrected chi connectivity index (χ2v) is 4.16. The van der Waals surface area contributed by atoms with Gasteiger partial charge < -0.3 is 15.0 Å². The molecule has 0 saturated carbocycles. The zero-order valence-electron chi connectivity index (χ0n) is 9.54. The molecule has 0 saturated heterocycles. The first-order chi connectivity index (χ1) is 8.40. The Morgan fingerprint density at radius 2 is 2.41 bits per heavy atom. The van der Waals surface area contributed by atoms with Crippen molar-refractivity contribution in [3.8, 4) is 5.69 Å². The molecule has 1 aromatic heterocycles. The molecule has 3 rings (SSSR count). The molecule has 2 heterocycles. The molecule has 2 aromatic rings. The summed E-state index contributed by atoms with van der Waals surface area (Å²) in [6, 6.07) is 6.26. The van der Waals surface area contributed by atoms with E-state index in [0.29, 0.717) is 6.54 Å². The largest absolute Gasteiger partial charge is 0.372 e. The maximum Gasteiger partial charge on any atom is 0.0991 e. The van der Waals surface area contributed by atoms with Gasteiger partial charge in [0.25, 0.3) is 0 Å². The maximum absolute atomic E-state index is 5.74. The normalized spacial score (nSPS) is 19.0. The summed E-state index contributed by atoms with van der Waals surface area (Å²) < 4.78 is 7.72. The number of imidazole rings is 1. The van der Waals surface area contributed by atoms with E-state index in [9.17, 15) is 0 Å². The molecule has 0 amide bonds. The summed E-state index contributed by atoms with van der Waals surface area (Å²) in [5.74, 6) is 0. The standard InChI is InChI=1S/C13H15N3O/c14-8-13-11-2-1-3-12(10(11)4-7-17-13)16-6-5-15-9-16/h1-3,5-6,9,13H,4,7-8,14H2/t13-/m0/s1. The van der Waals surface area contributed by atoms with E-state index in [0.717, 1.165) is 13.0 Å². The van der Waals surface area contributed by atoms with Crippen molar-refractivity contribution in [3.63, 3.8) is 0 Å². The van der Waals surface area contributed by atoms with E-state index in [2.05, 4.69) is 17.1 Å². The molecule has 0 aliphatic carbocycles. The highest BCUT2D eigenvalue weighted by molar-refractivity contribution is 5.48. The van der Waals surface area contributed by atoms with Crippen molar-refractivity contribution in [1.29, 1.82) is 0 Å². The first-order valence-corrected chi connectivity index (χ1v) is 5.82. The fraction of sp³-hybridized carbons (Fsp3) is 0.308. The van der Waals surface area contributed by atoms with Crippen LogP contribution in [0, 0.1) is 0 Å². The number of nitrogens with two attached hydrogens (primary N) is 1. The minimum atomic E-state index is 0.0298. The highest BCUT2D eigenvalue weighted by Gasteiger charge is 2.21. The average Bonchev–Trinajstić information content (AvgIpc) is 2.91. The Kier molecular flexibility index (Phi) is 2.66. The van der Waals surface area contributed by atoms with Crippen LogP contribution in [-0.2, 0) is 11.2 Å². The summed E-state index contributed by atoms with van der Waals surface area (Å²) in [4.78, 5) is 4.09. The van der Waals surface area contributed by atoms with E-state index in [1.54, 1.807) is 6.20 Å². The summed E-state index contributed by atoms with van der Waals surface area (Å²) in [7, 11) is 0. The van der Waals surface area contributed by atoms with Crippen molar-refractivity contribution in [2.45, 2.75) is 12.5 Å². The molecule has 1 aromatic carbocycles. The van der Waals surface area contributed by atoms with E-state index in [-0.39, 0.29) is 6.10 Å². The van der Waals surface area contributed by atoms with Crippen LogP contribution in [0.1, 0.15) is 17.2 Å². The summed E-state index contributed by atoms with van der Waals surface area (Å²) >= 11 is 0. The second-order valence-electron chi connectivity index (χ2n) is 4.16. The third-order valence-electron chi connectivity index (χ3n) is 3.20. The number of hydrogen-bond acceptors (Lipinski definition) is 3. The minimum Gasteiger partial charge on any atom is -0.372 e. The molecule has 1 aliphatic rings. The van der Waals surface area contributed by atoms with Crippen LogP contribution in [-0.4, -0.2) is 22.7 Å². The van der Waals surface area contributed by atoms with E-state index in [4.69, 9.17) is 10.5 Å². The molecular formula is C13H15N3O.